The van der Waals surface area contributed by atoms with E-state index in [0.717, 1.165) is 19.1 Å². The zero-order valence-corrected chi connectivity index (χ0v) is 16.3. The number of likely N-dealkylation sites (tertiary alicyclic amines) is 1. The van der Waals surface area contributed by atoms with Gasteiger partial charge in [-0.2, -0.15) is 0 Å². The summed E-state index contributed by atoms with van der Waals surface area (Å²) in [5.41, 5.74) is -0.602. The molecule has 0 spiro atoms. The lowest BCUT2D eigenvalue weighted by molar-refractivity contribution is -0.132. The molecule has 0 aromatic rings. The maximum Gasteiger partial charge on any atom is 0.410 e. The fourth-order valence-corrected chi connectivity index (χ4v) is 2.54. The van der Waals surface area contributed by atoms with Gasteiger partial charge in [-0.1, -0.05) is 0 Å². The molecule has 0 saturated carbocycles. The first-order valence-corrected chi connectivity index (χ1v) is 8.93. The van der Waals surface area contributed by atoms with Crippen LogP contribution in [0.15, 0.2) is 21.4 Å². The summed E-state index contributed by atoms with van der Waals surface area (Å²) in [7, 11) is 0. The molecule has 0 radical (unpaired) electrons. The molecule has 0 bridgehead atoms. The van der Waals surface area contributed by atoms with Crippen LogP contribution in [0.4, 0.5) is 4.79 Å². The van der Waals surface area contributed by atoms with Crippen molar-refractivity contribution < 1.29 is 19.4 Å². The number of hydrogen-bond acceptors (Lipinski definition) is 6. The third-order valence-corrected chi connectivity index (χ3v) is 3.90. The van der Waals surface area contributed by atoms with Gasteiger partial charge in [0.15, 0.2) is 0 Å². The molecule has 1 aliphatic heterocycles. The average Bonchev–Trinajstić information content (AvgIpc) is 2.56. The number of ether oxygens (including phenoxy) is 1. The van der Waals surface area contributed by atoms with E-state index >= 15 is 0 Å². The predicted octanol–water partition coefficient (Wildman–Crippen LogP) is 2.49. The Labute approximate surface area is 159 Å². The van der Waals surface area contributed by atoms with E-state index < -0.39 is 11.6 Å². The number of carboxylic acid groups (broad SMARTS) is 1. The summed E-state index contributed by atoms with van der Waals surface area (Å²) in [4.78, 5) is 32.6. The molecule has 0 aromatic heterocycles. The van der Waals surface area contributed by atoms with E-state index in [0.29, 0.717) is 19.6 Å². The van der Waals surface area contributed by atoms with Crippen LogP contribution in [0.5, 0.6) is 0 Å². The first-order chi connectivity index (χ1) is 12.2. The number of alkyl halides is 1. The third kappa shape index (κ3) is 7.43. The molecule has 26 heavy (non-hydrogen) atoms. The fraction of sp³-hybridized carbons (Fsp3) is 0.647. The Bertz CT molecular complexity index is 576. The number of carbonyl (C=O) groups excluding carboxylic acids is 1. The Morgan fingerprint density at radius 2 is 2.00 bits per heavy atom. The Balaban J connectivity index is 2.59. The zero-order valence-electron chi connectivity index (χ0n) is 15.5. The van der Waals surface area contributed by atoms with Crippen molar-refractivity contribution in [3.63, 3.8) is 0 Å². The minimum atomic E-state index is -1.16. The van der Waals surface area contributed by atoms with Crippen LogP contribution in [0.3, 0.4) is 0 Å². The maximum absolute atomic E-state index is 12.1. The second kappa shape index (κ2) is 10.2. The van der Waals surface area contributed by atoms with Gasteiger partial charge in [0.05, 0.1) is 0 Å². The van der Waals surface area contributed by atoms with Crippen molar-refractivity contribution >= 4 is 36.6 Å². The van der Waals surface area contributed by atoms with Crippen molar-refractivity contribution in [1.82, 2.24) is 10.2 Å². The van der Waals surface area contributed by atoms with Gasteiger partial charge in [-0.3, -0.25) is 4.99 Å². The Morgan fingerprint density at radius 1 is 1.38 bits per heavy atom. The molecule has 0 aliphatic carbocycles. The molecule has 0 aromatic carbocycles. The molecule has 0 unspecified atom stereocenters. The van der Waals surface area contributed by atoms with E-state index in [1.165, 1.54) is 0 Å². The van der Waals surface area contributed by atoms with Gasteiger partial charge >= 0.3 is 12.1 Å². The fourth-order valence-electron chi connectivity index (χ4n) is 2.47. The summed E-state index contributed by atoms with van der Waals surface area (Å²) in [6.07, 6.45) is 2.43. The molecule has 1 saturated heterocycles. The summed E-state index contributed by atoms with van der Waals surface area (Å²) in [6, 6.07) is -0.0374. The molecule has 1 amide bonds. The Hall–Kier alpha value is -2.09. The van der Waals surface area contributed by atoms with E-state index in [9.17, 15) is 14.7 Å². The van der Waals surface area contributed by atoms with E-state index in [4.69, 9.17) is 16.3 Å². The SMILES string of the molecule is C=N/C(NCC1CCN(C(=O)OC(C)(C)C)CC1)=C(\C=N/CCl)C(=O)O. The molecule has 1 rings (SSSR count). The van der Waals surface area contributed by atoms with E-state index in [2.05, 4.69) is 22.0 Å². The van der Waals surface area contributed by atoms with Gasteiger partial charge in [0.2, 0.25) is 0 Å². The number of rotatable bonds is 7. The van der Waals surface area contributed by atoms with Gasteiger partial charge in [-0.05, 0) is 46.2 Å². The van der Waals surface area contributed by atoms with Crippen LogP contribution in [-0.4, -0.2) is 66.2 Å². The number of carboxylic acids is 1. The highest BCUT2D eigenvalue weighted by Gasteiger charge is 2.27. The number of aliphatic imine (C=N–C) groups is 2. The smallest absolute Gasteiger partial charge is 0.410 e. The van der Waals surface area contributed by atoms with Gasteiger partial charge in [0.25, 0.3) is 0 Å². The normalized spacial score (nSPS) is 17.0. The van der Waals surface area contributed by atoms with Crippen LogP contribution in [-0.2, 0) is 9.53 Å². The van der Waals surface area contributed by atoms with Gasteiger partial charge < -0.3 is 20.1 Å². The Kier molecular flexibility index (Phi) is 8.57. The molecule has 0 atom stereocenters. The maximum atomic E-state index is 12.1. The Morgan fingerprint density at radius 3 is 2.46 bits per heavy atom. The summed E-state index contributed by atoms with van der Waals surface area (Å²) in [5.74, 6) is -0.722. The highest BCUT2D eigenvalue weighted by Crippen LogP contribution is 2.19. The second-order valence-corrected chi connectivity index (χ2v) is 7.19. The van der Waals surface area contributed by atoms with Crippen LogP contribution < -0.4 is 5.32 Å². The van der Waals surface area contributed by atoms with E-state index in [-0.39, 0.29) is 29.4 Å². The number of halogens is 1. The van der Waals surface area contributed by atoms with E-state index in [1.807, 2.05) is 20.8 Å². The summed E-state index contributed by atoms with van der Waals surface area (Å²) < 4.78 is 5.37. The van der Waals surface area contributed by atoms with Crippen LogP contribution in [0, 0.1) is 5.92 Å². The van der Waals surface area contributed by atoms with Crippen molar-refractivity contribution in [3.8, 4) is 0 Å². The molecule has 1 fully saturated rings. The monoisotopic (exact) mass is 386 g/mol. The number of nitrogens with zero attached hydrogens (tertiary/aromatic N) is 3. The van der Waals surface area contributed by atoms with Crippen molar-refractivity contribution in [2.45, 2.75) is 39.2 Å². The predicted molar refractivity (Wildman–Crippen MR) is 102 cm³/mol. The highest BCUT2D eigenvalue weighted by atomic mass is 35.5. The van der Waals surface area contributed by atoms with Crippen molar-refractivity contribution in [1.29, 1.82) is 0 Å². The number of piperidine rings is 1. The van der Waals surface area contributed by atoms with Crippen molar-refractivity contribution in [2.75, 3.05) is 25.6 Å². The van der Waals surface area contributed by atoms with Crippen molar-refractivity contribution in [3.05, 3.63) is 11.4 Å². The second-order valence-electron chi connectivity index (χ2n) is 6.95. The highest BCUT2D eigenvalue weighted by molar-refractivity contribution is 6.18. The number of carbonyl (C=O) groups is 2. The van der Waals surface area contributed by atoms with Crippen LogP contribution in [0.25, 0.3) is 0 Å². The topological polar surface area (TPSA) is 104 Å². The molecule has 2 N–H and O–H groups in total. The minimum absolute atomic E-state index is 0.0374. The summed E-state index contributed by atoms with van der Waals surface area (Å²) >= 11 is 5.45. The van der Waals surface area contributed by atoms with Crippen LogP contribution in [0.1, 0.15) is 33.6 Å². The lowest BCUT2D eigenvalue weighted by atomic mass is 9.97. The number of nitrogens with one attached hydrogen (secondary N) is 1. The van der Waals surface area contributed by atoms with Gasteiger partial charge in [-0.25, -0.2) is 14.6 Å². The molecule has 146 valence electrons. The minimum Gasteiger partial charge on any atom is -0.477 e. The molecule has 1 aliphatic rings. The number of aliphatic carboxylic acids is 1. The van der Waals surface area contributed by atoms with E-state index in [1.54, 1.807) is 4.90 Å². The molecular weight excluding hydrogens is 360 g/mol. The molecule has 9 heteroatoms. The van der Waals surface area contributed by atoms with Crippen molar-refractivity contribution in [2.24, 2.45) is 15.9 Å². The zero-order chi connectivity index (χ0) is 19.7. The quantitative estimate of drug-likeness (QED) is 0.303. The standard InChI is InChI=1S/C17H27ClN4O4/c1-17(2,3)26-16(25)22-7-5-12(6-8-22)9-21-14(19-4)13(15(23)24)10-20-11-18/h10,12,21H,4-9,11H2,1-3H3,(H,23,24)/b14-13-,20-10-. The lowest BCUT2D eigenvalue weighted by Crippen LogP contribution is -2.43. The molecule has 8 nitrogen and oxygen atoms in total. The number of amides is 1. The van der Waals surface area contributed by atoms with Crippen LogP contribution in [0.2, 0.25) is 0 Å². The third-order valence-electron chi connectivity index (χ3n) is 3.76. The van der Waals surface area contributed by atoms with Gasteiger partial charge in [-0.15, -0.1) is 11.6 Å². The molecular formula is C17H27ClN4O4. The lowest BCUT2D eigenvalue weighted by Gasteiger charge is -2.33. The number of hydrogen-bond donors (Lipinski definition) is 2. The summed E-state index contributed by atoms with van der Waals surface area (Å²) in [5, 5.41) is 12.3. The van der Waals surface area contributed by atoms with Crippen LogP contribution >= 0.6 is 11.6 Å². The van der Waals surface area contributed by atoms with Gasteiger partial charge in [0, 0.05) is 25.8 Å². The first-order valence-electron chi connectivity index (χ1n) is 8.39. The van der Waals surface area contributed by atoms with Gasteiger partial charge in [0.1, 0.15) is 23.0 Å². The summed E-state index contributed by atoms with van der Waals surface area (Å²) in [6.45, 7) is 10.7. The average molecular weight is 387 g/mol. The first kappa shape index (κ1) is 22.0. The molecule has 1 heterocycles. The largest absolute Gasteiger partial charge is 0.477 e.